The third-order valence-electron chi connectivity index (χ3n) is 7.08. The van der Waals surface area contributed by atoms with Gasteiger partial charge in [0.2, 0.25) is 0 Å². The molecule has 0 saturated heterocycles. The molecule has 1 aromatic carbocycles. The smallest absolute Gasteiger partial charge is 0.316 e. The first kappa shape index (κ1) is 28.2. The first-order valence-corrected chi connectivity index (χ1v) is 13.7. The molecule has 39 heavy (non-hydrogen) atoms. The molecule has 0 bridgehead atoms. The number of aromatic nitrogens is 4. The zero-order valence-electron chi connectivity index (χ0n) is 23.0. The van der Waals surface area contributed by atoms with Gasteiger partial charge in [0.05, 0.1) is 19.0 Å². The molecule has 3 aromatic rings. The van der Waals surface area contributed by atoms with E-state index in [2.05, 4.69) is 29.2 Å². The van der Waals surface area contributed by atoms with Crippen LogP contribution < -0.4 is 9.64 Å². The first-order valence-electron chi connectivity index (χ1n) is 13.7. The standard InChI is InChI=1S/C31H38FN5O2/c1-5-23(29-19-28(24-13-14-24)35-36(29)4)10-7-8-17-37(30(38)22(3)15-16-32)27-12-9-11-25(18-27)26-20-33-31(34-21-26)39-6-2/h5,9,11-12,18-21,23-24H,1,3,6-8,10,13-17H2,2,4H3. The molecule has 1 unspecified atom stereocenters. The Morgan fingerprint density at radius 2 is 2.00 bits per heavy atom. The zero-order chi connectivity index (χ0) is 27.8. The molecule has 0 N–H and O–H groups in total. The van der Waals surface area contributed by atoms with Crippen LogP contribution in [0.3, 0.4) is 0 Å². The summed E-state index contributed by atoms with van der Waals surface area (Å²) >= 11 is 0. The number of unbranched alkanes of at least 4 members (excludes halogenated alkanes) is 1. The summed E-state index contributed by atoms with van der Waals surface area (Å²) in [5, 5.41) is 4.70. The predicted octanol–water partition coefficient (Wildman–Crippen LogP) is 6.54. The Hall–Kier alpha value is -3.81. The van der Waals surface area contributed by atoms with E-state index in [1.54, 1.807) is 17.3 Å². The SMILES string of the molecule is C=CC(CCCCN(C(=O)C(=C)CCF)c1cccc(-c2cnc(OCC)nc2)c1)c1cc(C2CC2)nn1C. The molecule has 1 aliphatic carbocycles. The number of carbonyl (C=O) groups excluding carboxylic acids is 1. The van der Waals surface area contributed by atoms with Gasteiger partial charge >= 0.3 is 6.01 Å². The quantitative estimate of drug-likeness (QED) is 0.126. The van der Waals surface area contributed by atoms with E-state index in [0.29, 0.717) is 25.1 Å². The minimum absolute atomic E-state index is 0.0180. The van der Waals surface area contributed by atoms with Crippen LogP contribution in [0.5, 0.6) is 6.01 Å². The molecule has 1 aliphatic rings. The highest BCUT2D eigenvalue weighted by atomic mass is 19.1. The van der Waals surface area contributed by atoms with Crippen LogP contribution >= 0.6 is 0 Å². The van der Waals surface area contributed by atoms with Crippen molar-refractivity contribution in [2.45, 2.75) is 57.3 Å². The number of benzene rings is 1. The van der Waals surface area contributed by atoms with Crippen LogP contribution in [0.15, 0.2) is 67.5 Å². The molecule has 1 atom stereocenters. The molecule has 1 saturated carbocycles. The zero-order valence-corrected chi connectivity index (χ0v) is 23.0. The van der Waals surface area contributed by atoms with Crippen LogP contribution in [0.25, 0.3) is 11.1 Å². The van der Waals surface area contributed by atoms with E-state index in [1.807, 2.05) is 49.0 Å². The minimum Gasteiger partial charge on any atom is -0.464 e. The summed E-state index contributed by atoms with van der Waals surface area (Å²) in [5.74, 6) is 0.551. The second kappa shape index (κ2) is 13.3. The number of aryl methyl sites for hydroxylation is 1. The fraction of sp³-hybridized carbons (Fsp3) is 0.419. The highest BCUT2D eigenvalue weighted by molar-refractivity contribution is 6.05. The van der Waals surface area contributed by atoms with Crippen LogP contribution in [0.4, 0.5) is 10.1 Å². The van der Waals surface area contributed by atoms with E-state index in [1.165, 1.54) is 24.2 Å². The topological polar surface area (TPSA) is 73.1 Å². The maximum absolute atomic E-state index is 13.3. The number of rotatable bonds is 15. The number of anilines is 1. The monoisotopic (exact) mass is 531 g/mol. The van der Waals surface area contributed by atoms with Crippen molar-refractivity contribution < 1.29 is 13.9 Å². The number of hydrogen-bond donors (Lipinski definition) is 0. The molecule has 4 rings (SSSR count). The van der Waals surface area contributed by atoms with Gasteiger partial charge in [-0.25, -0.2) is 9.97 Å². The second-order valence-electron chi connectivity index (χ2n) is 9.97. The maximum Gasteiger partial charge on any atom is 0.316 e. The van der Waals surface area contributed by atoms with Gasteiger partial charge in [0.1, 0.15) is 0 Å². The normalized spacial score (nSPS) is 13.6. The van der Waals surface area contributed by atoms with Crippen molar-refractivity contribution in [3.8, 4) is 17.1 Å². The van der Waals surface area contributed by atoms with Gasteiger partial charge in [0.25, 0.3) is 5.91 Å². The van der Waals surface area contributed by atoms with Gasteiger partial charge in [-0.15, -0.1) is 6.58 Å². The van der Waals surface area contributed by atoms with E-state index >= 15 is 0 Å². The number of halogens is 1. The molecule has 1 amide bonds. The molecule has 2 heterocycles. The van der Waals surface area contributed by atoms with E-state index in [9.17, 15) is 9.18 Å². The molecular formula is C31H38FN5O2. The average Bonchev–Trinajstić information content (AvgIpc) is 3.73. The molecule has 8 heteroatoms. The van der Waals surface area contributed by atoms with Crippen molar-refractivity contribution in [2.75, 3.05) is 24.7 Å². The number of nitrogens with zero attached hydrogens (tertiary/aromatic N) is 5. The molecule has 2 aromatic heterocycles. The summed E-state index contributed by atoms with van der Waals surface area (Å²) in [6, 6.07) is 10.2. The van der Waals surface area contributed by atoms with E-state index in [0.717, 1.165) is 36.1 Å². The van der Waals surface area contributed by atoms with E-state index in [4.69, 9.17) is 9.84 Å². The molecule has 1 fully saturated rings. The van der Waals surface area contributed by atoms with Crippen molar-refractivity contribution in [3.05, 3.63) is 78.9 Å². The van der Waals surface area contributed by atoms with Gasteiger partial charge in [-0.05, 0) is 56.4 Å². The van der Waals surface area contributed by atoms with Crippen molar-refractivity contribution in [1.82, 2.24) is 19.7 Å². The Bertz CT molecular complexity index is 1280. The average molecular weight is 532 g/mol. The molecule has 206 valence electrons. The molecule has 0 aliphatic heterocycles. The second-order valence-corrected chi connectivity index (χ2v) is 9.97. The first-order chi connectivity index (χ1) is 18.9. The Morgan fingerprint density at radius 3 is 2.67 bits per heavy atom. The van der Waals surface area contributed by atoms with Gasteiger partial charge in [0.15, 0.2) is 0 Å². The van der Waals surface area contributed by atoms with Crippen LogP contribution in [0.2, 0.25) is 0 Å². The number of carbonyl (C=O) groups is 1. The van der Waals surface area contributed by atoms with Gasteiger partial charge in [-0.2, -0.15) is 5.10 Å². The van der Waals surface area contributed by atoms with E-state index < -0.39 is 6.67 Å². The van der Waals surface area contributed by atoms with Crippen LogP contribution in [-0.4, -0.2) is 45.5 Å². The van der Waals surface area contributed by atoms with Crippen molar-refractivity contribution >= 4 is 11.6 Å². The lowest BCUT2D eigenvalue weighted by Crippen LogP contribution is -2.33. The van der Waals surface area contributed by atoms with Gasteiger partial charge in [0, 0.05) is 66.8 Å². The molecule has 0 radical (unpaired) electrons. The summed E-state index contributed by atoms with van der Waals surface area (Å²) in [7, 11) is 2.00. The Balaban J connectivity index is 1.46. The van der Waals surface area contributed by atoms with Crippen LogP contribution in [-0.2, 0) is 11.8 Å². The Kier molecular flexibility index (Phi) is 9.63. The predicted molar refractivity (Wildman–Crippen MR) is 153 cm³/mol. The number of alkyl halides is 1. The van der Waals surface area contributed by atoms with Crippen LogP contribution in [0, 0.1) is 0 Å². The third-order valence-corrected chi connectivity index (χ3v) is 7.08. The fourth-order valence-electron chi connectivity index (χ4n) is 4.73. The molecular weight excluding hydrogens is 493 g/mol. The van der Waals surface area contributed by atoms with Gasteiger partial charge in [-0.1, -0.05) is 31.2 Å². The summed E-state index contributed by atoms with van der Waals surface area (Å²) in [4.78, 5) is 23.5. The third kappa shape index (κ3) is 7.19. The van der Waals surface area contributed by atoms with Gasteiger partial charge < -0.3 is 9.64 Å². The van der Waals surface area contributed by atoms with Crippen molar-refractivity contribution in [2.24, 2.45) is 7.05 Å². The summed E-state index contributed by atoms with van der Waals surface area (Å²) in [5.41, 5.74) is 5.04. The Morgan fingerprint density at radius 1 is 1.23 bits per heavy atom. The summed E-state index contributed by atoms with van der Waals surface area (Å²) in [6.45, 7) is 10.2. The number of hydrogen-bond acceptors (Lipinski definition) is 5. The van der Waals surface area contributed by atoms with Gasteiger partial charge in [-0.3, -0.25) is 13.9 Å². The van der Waals surface area contributed by atoms with Crippen molar-refractivity contribution in [3.63, 3.8) is 0 Å². The van der Waals surface area contributed by atoms with Crippen molar-refractivity contribution in [1.29, 1.82) is 0 Å². The van der Waals surface area contributed by atoms with E-state index in [-0.39, 0.29) is 23.8 Å². The summed E-state index contributed by atoms with van der Waals surface area (Å²) < 4.78 is 20.4. The highest BCUT2D eigenvalue weighted by Gasteiger charge is 2.28. The summed E-state index contributed by atoms with van der Waals surface area (Å²) in [6.07, 6.45) is 10.4. The highest BCUT2D eigenvalue weighted by Crippen LogP contribution is 2.40. The molecule has 0 spiro atoms. The molecule has 7 nitrogen and oxygen atoms in total. The largest absolute Gasteiger partial charge is 0.464 e. The number of ether oxygens (including phenoxy) is 1. The lowest BCUT2D eigenvalue weighted by molar-refractivity contribution is -0.115. The van der Waals surface area contributed by atoms with Crippen LogP contribution in [0.1, 0.15) is 68.7 Å². The number of allylic oxidation sites excluding steroid dienone is 1. The lowest BCUT2D eigenvalue weighted by atomic mass is 9.97. The fourth-order valence-corrected chi connectivity index (χ4v) is 4.73. The minimum atomic E-state index is -0.615. The number of amides is 1. The lowest BCUT2D eigenvalue weighted by Gasteiger charge is -2.25. The Labute approximate surface area is 230 Å². The maximum atomic E-state index is 13.3.